The number of rotatable bonds is 3. The quantitative estimate of drug-likeness (QED) is 0.852. The highest BCUT2D eigenvalue weighted by molar-refractivity contribution is 9.10. The fraction of sp³-hybridized carbons (Fsp3) is 0.500. The summed E-state index contributed by atoms with van der Waals surface area (Å²) in [6.45, 7) is 4.24. The predicted octanol–water partition coefficient (Wildman–Crippen LogP) is 2.42. The number of aromatic nitrogens is 2. The fourth-order valence-electron chi connectivity index (χ4n) is 0.749. The van der Waals surface area contributed by atoms with Crippen molar-refractivity contribution >= 4 is 27.7 Å². The highest BCUT2D eigenvalue weighted by Gasteiger charge is 2.08. The van der Waals surface area contributed by atoms with Gasteiger partial charge in [-0.05, 0) is 22.4 Å². The SMILES string of the molecule is CCC(C)Sc1cn[nH]c(=O)c1Br. The summed E-state index contributed by atoms with van der Waals surface area (Å²) in [6.07, 6.45) is 2.74. The molecule has 0 aliphatic heterocycles. The Bertz CT molecular complexity index is 339. The zero-order valence-electron chi connectivity index (χ0n) is 7.50. The Kier molecular flexibility index (Phi) is 3.99. The maximum Gasteiger partial charge on any atom is 0.279 e. The van der Waals surface area contributed by atoms with E-state index in [1.807, 2.05) is 0 Å². The second-order valence-corrected chi connectivity index (χ2v) is 4.99. The molecule has 13 heavy (non-hydrogen) atoms. The lowest BCUT2D eigenvalue weighted by atomic mass is 10.4. The van der Waals surface area contributed by atoms with Gasteiger partial charge in [0.15, 0.2) is 0 Å². The van der Waals surface area contributed by atoms with Crippen molar-refractivity contribution < 1.29 is 0 Å². The molecule has 0 amide bonds. The highest BCUT2D eigenvalue weighted by atomic mass is 79.9. The molecule has 0 aliphatic carbocycles. The van der Waals surface area contributed by atoms with Gasteiger partial charge in [0.1, 0.15) is 0 Å². The minimum Gasteiger partial charge on any atom is -0.267 e. The Morgan fingerprint density at radius 1 is 1.77 bits per heavy atom. The Hall–Kier alpha value is -0.290. The van der Waals surface area contributed by atoms with Crippen LogP contribution in [0.4, 0.5) is 0 Å². The van der Waals surface area contributed by atoms with Crippen molar-refractivity contribution in [2.45, 2.75) is 30.4 Å². The van der Waals surface area contributed by atoms with Gasteiger partial charge in [-0.15, -0.1) is 11.8 Å². The molecule has 1 aromatic rings. The van der Waals surface area contributed by atoms with Crippen LogP contribution in [0.2, 0.25) is 0 Å². The lowest BCUT2D eigenvalue weighted by molar-refractivity contribution is 0.896. The van der Waals surface area contributed by atoms with Gasteiger partial charge in [0.2, 0.25) is 0 Å². The van der Waals surface area contributed by atoms with E-state index in [4.69, 9.17) is 0 Å². The lowest BCUT2D eigenvalue weighted by Gasteiger charge is -2.07. The summed E-state index contributed by atoms with van der Waals surface area (Å²) in [5.41, 5.74) is -0.173. The molecule has 0 aromatic carbocycles. The second-order valence-electron chi connectivity index (χ2n) is 2.71. The molecule has 1 N–H and O–H groups in total. The van der Waals surface area contributed by atoms with Crippen molar-refractivity contribution in [1.82, 2.24) is 10.2 Å². The molecule has 1 heterocycles. The second kappa shape index (κ2) is 4.81. The molecule has 0 spiro atoms. The monoisotopic (exact) mass is 262 g/mol. The van der Waals surface area contributed by atoms with Crippen molar-refractivity contribution in [1.29, 1.82) is 0 Å². The molecule has 0 saturated carbocycles. The van der Waals surface area contributed by atoms with Crippen LogP contribution in [0.25, 0.3) is 0 Å². The number of aromatic amines is 1. The van der Waals surface area contributed by atoms with Crippen molar-refractivity contribution in [3.05, 3.63) is 21.0 Å². The van der Waals surface area contributed by atoms with Crippen LogP contribution in [-0.2, 0) is 0 Å². The van der Waals surface area contributed by atoms with Gasteiger partial charge in [-0.2, -0.15) is 5.10 Å². The van der Waals surface area contributed by atoms with Crippen molar-refractivity contribution in [3.8, 4) is 0 Å². The maximum atomic E-state index is 11.1. The largest absolute Gasteiger partial charge is 0.279 e. The zero-order valence-corrected chi connectivity index (χ0v) is 9.91. The van der Waals surface area contributed by atoms with Gasteiger partial charge in [0, 0.05) is 10.1 Å². The van der Waals surface area contributed by atoms with E-state index in [0.29, 0.717) is 9.72 Å². The Balaban J connectivity index is 2.89. The molecule has 3 nitrogen and oxygen atoms in total. The molecular weight excluding hydrogens is 252 g/mol. The van der Waals surface area contributed by atoms with Crippen LogP contribution in [0, 0.1) is 0 Å². The van der Waals surface area contributed by atoms with Crippen LogP contribution in [0.5, 0.6) is 0 Å². The summed E-state index contributed by atoms with van der Waals surface area (Å²) >= 11 is 4.89. The molecule has 0 radical (unpaired) electrons. The smallest absolute Gasteiger partial charge is 0.267 e. The van der Waals surface area contributed by atoms with Crippen LogP contribution in [0.15, 0.2) is 20.4 Å². The van der Waals surface area contributed by atoms with E-state index in [9.17, 15) is 4.79 Å². The Morgan fingerprint density at radius 2 is 2.46 bits per heavy atom. The van der Waals surface area contributed by atoms with E-state index in [0.717, 1.165) is 11.3 Å². The number of thioether (sulfide) groups is 1. The number of H-pyrrole nitrogens is 1. The molecular formula is C8H11BrN2OS. The molecule has 5 heteroatoms. The number of nitrogens with zero attached hydrogens (tertiary/aromatic N) is 1. The van der Waals surface area contributed by atoms with Gasteiger partial charge in [0.05, 0.1) is 10.7 Å². The molecule has 1 atom stereocenters. The van der Waals surface area contributed by atoms with E-state index in [1.54, 1.807) is 18.0 Å². The highest BCUT2D eigenvalue weighted by Crippen LogP contribution is 2.28. The van der Waals surface area contributed by atoms with Crippen molar-refractivity contribution in [2.75, 3.05) is 0 Å². The van der Waals surface area contributed by atoms with E-state index in [2.05, 4.69) is 40.0 Å². The summed E-state index contributed by atoms with van der Waals surface area (Å²) in [7, 11) is 0. The first-order valence-electron chi connectivity index (χ1n) is 4.05. The maximum absolute atomic E-state index is 11.1. The van der Waals surface area contributed by atoms with Gasteiger partial charge >= 0.3 is 0 Å². The molecule has 0 saturated heterocycles. The molecule has 72 valence electrons. The van der Waals surface area contributed by atoms with Crippen molar-refractivity contribution in [3.63, 3.8) is 0 Å². The van der Waals surface area contributed by atoms with Crippen LogP contribution in [-0.4, -0.2) is 15.4 Å². The Labute approximate surface area is 89.5 Å². The molecule has 1 unspecified atom stereocenters. The Morgan fingerprint density at radius 3 is 3.08 bits per heavy atom. The molecule has 0 fully saturated rings. The normalized spacial score (nSPS) is 12.8. The first kappa shape index (κ1) is 10.8. The lowest BCUT2D eigenvalue weighted by Crippen LogP contribution is -2.09. The molecule has 0 aliphatic rings. The third kappa shape index (κ3) is 2.84. The first-order valence-corrected chi connectivity index (χ1v) is 5.72. The van der Waals surface area contributed by atoms with Crippen molar-refractivity contribution in [2.24, 2.45) is 0 Å². The van der Waals surface area contributed by atoms with Crippen LogP contribution in [0.1, 0.15) is 20.3 Å². The summed E-state index contributed by atoms with van der Waals surface area (Å²) in [5, 5.41) is 6.61. The van der Waals surface area contributed by atoms with Gasteiger partial charge in [-0.1, -0.05) is 13.8 Å². The third-order valence-corrected chi connectivity index (χ3v) is 4.02. The summed E-state index contributed by atoms with van der Waals surface area (Å²) in [6, 6.07) is 0. The third-order valence-electron chi connectivity index (χ3n) is 1.67. The van der Waals surface area contributed by atoms with Crippen LogP contribution in [0.3, 0.4) is 0 Å². The van der Waals surface area contributed by atoms with Gasteiger partial charge < -0.3 is 0 Å². The molecule has 1 rings (SSSR count). The standard InChI is InChI=1S/C8H11BrN2OS/c1-3-5(2)13-6-4-10-11-8(12)7(6)9/h4-5H,3H2,1-2H3,(H,11,12). The number of hydrogen-bond donors (Lipinski definition) is 1. The van der Waals surface area contributed by atoms with E-state index >= 15 is 0 Å². The number of hydrogen-bond acceptors (Lipinski definition) is 3. The fourth-order valence-corrected chi connectivity index (χ4v) is 2.13. The van der Waals surface area contributed by atoms with Crippen LogP contribution >= 0.6 is 27.7 Å². The average Bonchev–Trinajstić information content (AvgIpc) is 2.13. The van der Waals surface area contributed by atoms with Gasteiger partial charge in [0.25, 0.3) is 5.56 Å². The molecule has 0 bridgehead atoms. The zero-order chi connectivity index (χ0) is 9.84. The van der Waals surface area contributed by atoms with E-state index in [1.165, 1.54) is 0 Å². The number of nitrogens with one attached hydrogen (secondary N) is 1. The summed E-state index contributed by atoms with van der Waals surface area (Å²) in [4.78, 5) is 12.0. The van der Waals surface area contributed by atoms with E-state index < -0.39 is 0 Å². The van der Waals surface area contributed by atoms with Gasteiger partial charge in [-0.3, -0.25) is 4.79 Å². The average molecular weight is 263 g/mol. The minimum atomic E-state index is -0.173. The van der Waals surface area contributed by atoms with E-state index in [-0.39, 0.29) is 5.56 Å². The van der Waals surface area contributed by atoms with Gasteiger partial charge in [-0.25, -0.2) is 5.10 Å². The summed E-state index contributed by atoms with van der Waals surface area (Å²) < 4.78 is 0.577. The minimum absolute atomic E-state index is 0.173. The topological polar surface area (TPSA) is 45.8 Å². The molecule has 1 aromatic heterocycles. The first-order chi connectivity index (χ1) is 6.15. The number of halogens is 1. The summed E-state index contributed by atoms with van der Waals surface area (Å²) in [5.74, 6) is 0. The van der Waals surface area contributed by atoms with Crippen LogP contribution < -0.4 is 5.56 Å². The predicted molar refractivity (Wildman–Crippen MR) is 58.2 cm³/mol.